The predicted octanol–water partition coefficient (Wildman–Crippen LogP) is 1.30. The van der Waals surface area contributed by atoms with Gasteiger partial charge in [-0.2, -0.15) is 0 Å². The second-order valence-electron chi connectivity index (χ2n) is 6.70. The first-order chi connectivity index (χ1) is 14.2. The molecule has 0 aliphatic carbocycles. The van der Waals surface area contributed by atoms with Crippen LogP contribution in [0.1, 0.15) is 17.3 Å². The summed E-state index contributed by atoms with van der Waals surface area (Å²) in [5.41, 5.74) is 1.41. The molecule has 0 saturated carbocycles. The fraction of sp³-hybridized carbons (Fsp3) is 0.381. The van der Waals surface area contributed by atoms with Crippen LogP contribution < -0.4 is 15.5 Å². The van der Waals surface area contributed by atoms with Gasteiger partial charge in [0.05, 0.1) is 17.8 Å². The molecule has 154 valence electrons. The summed E-state index contributed by atoms with van der Waals surface area (Å²) < 4.78 is 0. The molecular weight excluding hydrogens is 368 g/mol. The number of aromatic nitrogens is 1. The zero-order chi connectivity index (χ0) is 20.5. The molecule has 0 radical (unpaired) electrons. The number of hydrogen-bond acceptors (Lipinski definition) is 5. The van der Waals surface area contributed by atoms with Crippen LogP contribution in [0.3, 0.4) is 0 Å². The van der Waals surface area contributed by atoms with Crippen LogP contribution in [0.2, 0.25) is 0 Å². The molecule has 3 rings (SSSR count). The van der Waals surface area contributed by atoms with Crippen molar-refractivity contribution in [1.29, 1.82) is 0 Å². The third kappa shape index (κ3) is 5.60. The van der Waals surface area contributed by atoms with Crippen LogP contribution in [0.5, 0.6) is 5.75 Å². The van der Waals surface area contributed by atoms with Crippen molar-refractivity contribution < 1.29 is 9.90 Å². The van der Waals surface area contributed by atoms with Crippen molar-refractivity contribution in [3.8, 4) is 5.75 Å². The lowest BCUT2D eigenvalue weighted by Crippen LogP contribution is -2.52. The third-order valence-corrected chi connectivity index (χ3v) is 4.72. The molecule has 0 spiro atoms. The SMILES string of the molecule is CCNC(=NCCNC(=O)c1cccnc1)N1CCN(c2ccccc2O)CC1. The summed E-state index contributed by atoms with van der Waals surface area (Å²) in [6.45, 7) is 7.00. The fourth-order valence-electron chi connectivity index (χ4n) is 3.25. The molecular formula is C21H28N6O2. The minimum atomic E-state index is -0.144. The Bertz CT molecular complexity index is 819. The van der Waals surface area contributed by atoms with E-state index in [2.05, 4.69) is 30.4 Å². The zero-order valence-electron chi connectivity index (χ0n) is 16.7. The number of piperazine rings is 1. The number of nitrogens with one attached hydrogen (secondary N) is 2. The van der Waals surface area contributed by atoms with Gasteiger partial charge in [-0.1, -0.05) is 12.1 Å². The van der Waals surface area contributed by atoms with Crippen LogP contribution in [0, 0.1) is 0 Å². The maximum atomic E-state index is 12.1. The zero-order valence-corrected chi connectivity index (χ0v) is 16.7. The maximum absolute atomic E-state index is 12.1. The van der Waals surface area contributed by atoms with Gasteiger partial charge < -0.3 is 25.5 Å². The van der Waals surface area contributed by atoms with E-state index in [0.29, 0.717) is 24.4 Å². The molecule has 2 aromatic rings. The number of carbonyl (C=O) groups is 1. The molecule has 0 atom stereocenters. The second-order valence-corrected chi connectivity index (χ2v) is 6.70. The number of aromatic hydroxyl groups is 1. The van der Waals surface area contributed by atoms with Gasteiger partial charge in [0.25, 0.3) is 5.91 Å². The van der Waals surface area contributed by atoms with Crippen molar-refractivity contribution in [2.24, 2.45) is 4.99 Å². The second kappa shape index (κ2) is 10.3. The number of para-hydroxylation sites is 2. The molecule has 3 N–H and O–H groups in total. The summed E-state index contributed by atoms with van der Waals surface area (Å²) in [5, 5.41) is 16.3. The van der Waals surface area contributed by atoms with E-state index in [1.807, 2.05) is 25.1 Å². The molecule has 8 nitrogen and oxygen atoms in total. The summed E-state index contributed by atoms with van der Waals surface area (Å²) in [5.74, 6) is 1.01. The lowest BCUT2D eigenvalue weighted by molar-refractivity contribution is 0.0954. The molecule has 29 heavy (non-hydrogen) atoms. The summed E-state index contributed by atoms with van der Waals surface area (Å²) >= 11 is 0. The molecule has 0 bridgehead atoms. The number of nitrogens with zero attached hydrogens (tertiary/aromatic N) is 4. The number of carbonyl (C=O) groups excluding carboxylic acids is 1. The van der Waals surface area contributed by atoms with Crippen molar-refractivity contribution in [3.63, 3.8) is 0 Å². The molecule has 1 aromatic heterocycles. The number of pyridine rings is 1. The van der Waals surface area contributed by atoms with Gasteiger partial charge in [0.2, 0.25) is 0 Å². The van der Waals surface area contributed by atoms with Gasteiger partial charge >= 0.3 is 0 Å². The summed E-state index contributed by atoms with van der Waals surface area (Å²) in [4.78, 5) is 25.1. The van der Waals surface area contributed by atoms with Gasteiger partial charge in [-0.25, -0.2) is 0 Å². The topological polar surface area (TPSA) is 93.1 Å². The van der Waals surface area contributed by atoms with Gasteiger partial charge in [-0.05, 0) is 31.2 Å². The number of phenols is 1. The number of aliphatic imine (C=N–C) groups is 1. The number of benzene rings is 1. The van der Waals surface area contributed by atoms with E-state index < -0.39 is 0 Å². The van der Waals surface area contributed by atoms with Crippen LogP contribution in [-0.2, 0) is 0 Å². The number of hydrogen-bond donors (Lipinski definition) is 3. The van der Waals surface area contributed by atoms with E-state index in [1.165, 1.54) is 0 Å². The normalized spacial score (nSPS) is 14.6. The highest BCUT2D eigenvalue weighted by atomic mass is 16.3. The molecule has 1 fully saturated rings. The Balaban J connectivity index is 1.50. The van der Waals surface area contributed by atoms with Gasteiger partial charge in [-0.3, -0.25) is 14.8 Å². The average molecular weight is 396 g/mol. The highest BCUT2D eigenvalue weighted by Gasteiger charge is 2.21. The van der Waals surface area contributed by atoms with E-state index in [-0.39, 0.29) is 5.91 Å². The first kappa shape index (κ1) is 20.4. The monoisotopic (exact) mass is 396 g/mol. The summed E-state index contributed by atoms with van der Waals surface area (Å²) in [6, 6.07) is 10.9. The summed E-state index contributed by atoms with van der Waals surface area (Å²) in [7, 11) is 0. The standard InChI is InChI=1S/C21H28N6O2/c1-2-23-21(25-11-10-24-20(29)17-6-5-9-22-16-17)27-14-12-26(13-15-27)18-7-3-4-8-19(18)28/h3-9,16,28H,2,10-15H2,1H3,(H,23,25)(H,24,29). The van der Waals surface area contributed by atoms with Gasteiger partial charge in [0, 0.05) is 51.7 Å². The Morgan fingerprint density at radius 1 is 1.14 bits per heavy atom. The molecule has 1 saturated heterocycles. The molecule has 1 aliphatic heterocycles. The number of rotatable bonds is 6. The third-order valence-electron chi connectivity index (χ3n) is 4.72. The van der Waals surface area contributed by atoms with Crippen molar-refractivity contribution in [3.05, 3.63) is 54.4 Å². The molecule has 0 unspecified atom stereocenters. The molecule has 2 heterocycles. The summed E-state index contributed by atoms with van der Waals surface area (Å²) in [6.07, 6.45) is 3.19. The first-order valence-corrected chi connectivity index (χ1v) is 9.93. The smallest absolute Gasteiger partial charge is 0.252 e. The average Bonchev–Trinajstić information content (AvgIpc) is 2.77. The number of guanidine groups is 1. The van der Waals surface area contributed by atoms with E-state index in [9.17, 15) is 9.90 Å². The molecule has 1 amide bonds. The first-order valence-electron chi connectivity index (χ1n) is 9.93. The van der Waals surface area contributed by atoms with Gasteiger partial charge in [0.1, 0.15) is 5.75 Å². The molecule has 8 heteroatoms. The maximum Gasteiger partial charge on any atom is 0.252 e. The lowest BCUT2D eigenvalue weighted by atomic mass is 10.2. The Morgan fingerprint density at radius 2 is 1.93 bits per heavy atom. The van der Waals surface area contributed by atoms with Gasteiger partial charge in [-0.15, -0.1) is 0 Å². The van der Waals surface area contributed by atoms with Crippen LogP contribution in [0.15, 0.2) is 53.8 Å². The number of phenolic OH excluding ortho intramolecular Hbond substituents is 1. The van der Waals surface area contributed by atoms with E-state index >= 15 is 0 Å². The number of anilines is 1. The van der Waals surface area contributed by atoms with Crippen LogP contribution >= 0.6 is 0 Å². The largest absolute Gasteiger partial charge is 0.506 e. The van der Waals surface area contributed by atoms with Crippen molar-refractivity contribution in [2.45, 2.75) is 6.92 Å². The lowest BCUT2D eigenvalue weighted by Gasteiger charge is -2.37. The van der Waals surface area contributed by atoms with E-state index in [4.69, 9.17) is 0 Å². The highest BCUT2D eigenvalue weighted by Crippen LogP contribution is 2.27. The van der Waals surface area contributed by atoms with Crippen molar-refractivity contribution in [1.82, 2.24) is 20.5 Å². The quantitative estimate of drug-likeness (QED) is 0.387. The molecule has 1 aromatic carbocycles. The van der Waals surface area contributed by atoms with Crippen LogP contribution in [0.4, 0.5) is 5.69 Å². The van der Waals surface area contributed by atoms with Crippen molar-refractivity contribution >= 4 is 17.6 Å². The van der Waals surface area contributed by atoms with Crippen LogP contribution in [0.25, 0.3) is 0 Å². The predicted molar refractivity (Wildman–Crippen MR) is 114 cm³/mol. The minimum Gasteiger partial charge on any atom is -0.506 e. The van der Waals surface area contributed by atoms with Crippen molar-refractivity contribution in [2.75, 3.05) is 50.7 Å². The van der Waals surface area contributed by atoms with E-state index in [1.54, 1.807) is 30.6 Å². The van der Waals surface area contributed by atoms with E-state index in [0.717, 1.165) is 44.4 Å². The van der Waals surface area contributed by atoms with Gasteiger partial charge in [0.15, 0.2) is 5.96 Å². The Labute approximate surface area is 171 Å². The molecule has 1 aliphatic rings. The van der Waals surface area contributed by atoms with Crippen LogP contribution in [-0.4, -0.2) is 72.7 Å². The number of amides is 1. The highest BCUT2D eigenvalue weighted by molar-refractivity contribution is 5.93. The minimum absolute atomic E-state index is 0.144. The fourth-order valence-corrected chi connectivity index (χ4v) is 3.25. The Hall–Kier alpha value is -3.29. The Morgan fingerprint density at radius 3 is 2.62 bits per heavy atom. The Kier molecular flexibility index (Phi) is 7.27.